The lowest BCUT2D eigenvalue weighted by atomic mass is 9.97. The van der Waals surface area contributed by atoms with Gasteiger partial charge in [-0.05, 0) is 96.6 Å². The Balaban J connectivity index is 0.000000167. The van der Waals surface area contributed by atoms with E-state index in [0.29, 0.717) is 50.3 Å². The molecular formula is C56H38O7S. The summed E-state index contributed by atoms with van der Waals surface area (Å²) in [5, 5.41) is 13.7. The maximum Gasteiger partial charge on any atom is 0.213 e. The van der Waals surface area contributed by atoms with Crippen molar-refractivity contribution in [3.63, 3.8) is 0 Å². The molecule has 0 aliphatic carbocycles. The SMILES string of the molecule is O=C([O-])c1cc(Oc2ccccc2)c(Oc2ccccc2)c(Oc2ccccc2)c1-c1ccccc1.O=c1c2ccccc2oc2ccc([S+](c3ccccc3)c3ccccc3)cc12. The number of carbonyl (C=O) groups is 1. The molecule has 0 fully saturated rings. The van der Waals surface area contributed by atoms with Gasteiger partial charge in [-0.15, -0.1) is 0 Å². The third-order valence-electron chi connectivity index (χ3n) is 10.1. The van der Waals surface area contributed by atoms with Crippen LogP contribution in [0.25, 0.3) is 33.1 Å². The zero-order valence-corrected chi connectivity index (χ0v) is 35.0. The van der Waals surface area contributed by atoms with Crippen LogP contribution in [0.1, 0.15) is 10.4 Å². The monoisotopic (exact) mass is 854 g/mol. The summed E-state index contributed by atoms with van der Waals surface area (Å²) < 4.78 is 24.8. The lowest BCUT2D eigenvalue weighted by Gasteiger charge is -2.23. The normalized spacial score (nSPS) is 10.8. The highest BCUT2D eigenvalue weighted by Crippen LogP contribution is 2.51. The molecule has 0 saturated heterocycles. The molecule has 10 rings (SSSR count). The number of benzene rings is 9. The third kappa shape index (κ3) is 9.13. The van der Waals surface area contributed by atoms with Crippen molar-refractivity contribution in [2.45, 2.75) is 14.7 Å². The lowest BCUT2D eigenvalue weighted by molar-refractivity contribution is -0.255. The number of para-hydroxylation sites is 4. The van der Waals surface area contributed by atoms with Gasteiger partial charge in [-0.1, -0.05) is 133 Å². The summed E-state index contributed by atoms with van der Waals surface area (Å²) in [6, 6.07) is 72.1. The number of carbonyl (C=O) groups excluding carboxylic acids is 1. The molecule has 7 nitrogen and oxygen atoms in total. The van der Waals surface area contributed by atoms with E-state index in [1.54, 1.807) is 36.4 Å². The van der Waals surface area contributed by atoms with Gasteiger partial charge < -0.3 is 28.5 Å². The molecule has 0 aliphatic rings. The standard InChI is InChI=1S/C31H22O5.C25H17O2S/c32-31(33)26-21-27(34-23-15-7-2-8-16-23)29(35-24-17-9-3-10-18-24)30(36-25-19-11-4-12-20-25)28(26)22-13-5-1-6-14-22;26-25-21-13-7-8-14-23(21)27-24-16-15-20(17-22(24)25)28(18-9-3-1-4-10-18)19-11-5-2-6-12-19/h1-21H,(H,32,33);1-17H/q;+1/p-1. The molecule has 0 atom stereocenters. The van der Waals surface area contributed by atoms with Crippen molar-refractivity contribution in [3.8, 4) is 45.6 Å². The topological polar surface area (TPSA) is 98.0 Å². The Labute approximate surface area is 372 Å². The van der Waals surface area contributed by atoms with Crippen molar-refractivity contribution < 1.29 is 28.5 Å². The molecule has 1 aromatic heterocycles. The quantitative estimate of drug-likeness (QED) is 0.0944. The minimum atomic E-state index is -1.36. The molecule has 0 unspecified atom stereocenters. The molecule has 9 aromatic carbocycles. The summed E-state index contributed by atoms with van der Waals surface area (Å²) in [5.41, 5.74) is 2.13. The average molecular weight is 855 g/mol. The molecule has 1 heterocycles. The first-order valence-electron chi connectivity index (χ1n) is 20.5. The number of fused-ring (bicyclic) bond motifs is 2. The summed E-state index contributed by atoms with van der Waals surface area (Å²) in [7, 11) is -0.293. The van der Waals surface area contributed by atoms with Crippen LogP contribution in [0.2, 0.25) is 0 Å². The number of rotatable bonds is 11. The molecule has 8 heteroatoms. The zero-order chi connectivity index (χ0) is 43.7. The van der Waals surface area contributed by atoms with E-state index in [-0.39, 0.29) is 39.1 Å². The second-order valence-corrected chi connectivity index (χ2v) is 16.4. The predicted octanol–water partition coefficient (Wildman–Crippen LogP) is 13.1. The van der Waals surface area contributed by atoms with Crippen molar-refractivity contribution in [3.05, 3.63) is 246 Å². The minimum Gasteiger partial charge on any atom is -0.545 e. The Bertz CT molecular complexity index is 3180. The second-order valence-electron chi connectivity index (χ2n) is 14.4. The van der Waals surface area contributed by atoms with E-state index in [2.05, 4.69) is 54.6 Å². The largest absolute Gasteiger partial charge is 0.545 e. The molecule has 310 valence electrons. The Kier molecular flexibility index (Phi) is 12.3. The Morgan fingerprint density at radius 1 is 0.438 bits per heavy atom. The first-order valence-corrected chi connectivity index (χ1v) is 21.7. The smallest absolute Gasteiger partial charge is 0.213 e. The van der Waals surface area contributed by atoms with E-state index >= 15 is 0 Å². The summed E-state index contributed by atoms with van der Waals surface area (Å²) in [6.07, 6.45) is 0. The Morgan fingerprint density at radius 3 is 1.44 bits per heavy atom. The fraction of sp³-hybridized carbons (Fsp3) is 0. The maximum absolute atomic E-state index is 13.1. The Hall–Kier alpha value is -8.33. The first-order chi connectivity index (χ1) is 31.5. The van der Waals surface area contributed by atoms with Gasteiger partial charge in [-0.25, -0.2) is 0 Å². The highest BCUT2D eigenvalue weighted by Gasteiger charge is 2.29. The van der Waals surface area contributed by atoms with Gasteiger partial charge in [0.1, 0.15) is 28.4 Å². The molecule has 0 aliphatic heterocycles. The molecule has 0 saturated carbocycles. The van der Waals surface area contributed by atoms with E-state index in [0.717, 1.165) is 4.90 Å². The summed E-state index contributed by atoms with van der Waals surface area (Å²) in [4.78, 5) is 29.0. The van der Waals surface area contributed by atoms with Crippen molar-refractivity contribution in [1.82, 2.24) is 0 Å². The van der Waals surface area contributed by atoms with Crippen LogP contribution in [0, 0.1) is 0 Å². The van der Waals surface area contributed by atoms with Crippen molar-refractivity contribution in [2.24, 2.45) is 0 Å². The van der Waals surface area contributed by atoms with Crippen molar-refractivity contribution in [2.75, 3.05) is 0 Å². The number of hydrogen-bond donors (Lipinski definition) is 0. The van der Waals surface area contributed by atoms with Crippen LogP contribution < -0.4 is 24.7 Å². The van der Waals surface area contributed by atoms with Crippen molar-refractivity contribution in [1.29, 1.82) is 0 Å². The second kappa shape index (κ2) is 19.2. The maximum atomic E-state index is 13.1. The van der Waals surface area contributed by atoms with Gasteiger partial charge >= 0.3 is 0 Å². The van der Waals surface area contributed by atoms with Gasteiger partial charge in [-0.3, -0.25) is 4.79 Å². The number of carboxylic acids is 1. The third-order valence-corrected chi connectivity index (χ3v) is 12.3. The fourth-order valence-electron chi connectivity index (χ4n) is 7.20. The fourth-order valence-corrected chi connectivity index (χ4v) is 9.31. The Morgan fingerprint density at radius 2 is 0.891 bits per heavy atom. The van der Waals surface area contributed by atoms with Crippen LogP contribution in [-0.4, -0.2) is 5.97 Å². The summed E-state index contributed by atoms with van der Waals surface area (Å²) >= 11 is 0. The van der Waals surface area contributed by atoms with Crippen LogP contribution in [-0.2, 0) is 10.9 Å². The molecule has 0 N–H and O–H groups in total. The molecule has 0 radical (unpaired) electrons. The summed E-state index contributed by atoms with van der Waals surface area (Å²) in [6.45, 7) is 0. The van der Waals surface area contributed by atoms with Crippen LogP contribution in [0.3, 0.4) is 0 Å². The summed E-state index contributed by atoms with van der Waals surface area (Å²) in [5.74, 6) is 0.799. The highest BCUT2D eigenvalue weighted by atomic mass is 32.2. The first kappa shape index (κ1) is 41.0. The van der Waals surface area contributed by atoms with Gasteiger partial charge in [0.15, 0.2) is 26.2 Å². The van der Waals surface area contributed by atoms with Crippen LogP contribution in [0.4, 0.5) is 0 Å². The minimum absolute atomic E-state index is 0.0170. The van der Waals surface area contributed by atoms with Gasteiger partial charge in [0.25, 0.3) is 0 Å². The molecule has 0 spiro atoms. The number of aromatic carboxylic acids is 1. The van der Waals surface area contributed by atoms with E-state index in [4.69, 9.17) is 18.6 Å². The molecule has 10 aromatic rings. The lowest BCUT2D eigenvalue weighted by Crippen LogP contribution is -2.23. The number of ether oxygens (including phenoxy) is 3. The van der Waals surface area contributed by atoms with Gasteiger partial charge in [-0.2, -0.15) is 0 Å². The molecular weight excluding hydrogens is 817 g/mol. The molecule has 0 amide bonds. The van der Waals surface area contributed by atoms with E-state index in [1.165, 1.54) is 15.9 Å². The zero-order valence-electron chi connectivity index (χ0n) is 34.2. The molecule has 64 heavy (non-hydrogen) atoms. The van der Waals surface area contributed by atoms with Crippen molar-refractivity contribution >= 4 is 38.8 Å². The van der Waals surface area contributed by atoms with Gasteiger partial charge in [0.05, 0.1) is 27.6 Å². The predicted molar refractivity (Wildman–Crippen MR) is 251 cm³/mol. The number of carboxylic acid groups (broad SMARTS) is 1. The molecule has 0 bridgehead atoms. The van der Waals surface area contributed by atoms with E-state index < -0.39 is 5.97 Å². The van der Waals surface area contributed by atoms with Crippen LogP contribution >= 0.6 is 0 Å². The van der Waals surface area contributed by atoms with Gasteiger partial charge in [0, 0.05) is 17.2 Å². The average Bonchev–Trinajstić information content (AvgIpc) is 3.35. The highest BCUT2D eigenvalue weighted by molar-refractivity contribution is 7.97. The van der Waals surface area contributed by atoms with Gasteiger partial charge in [0.2, 0.25) is 11.2 Å². The van der Waals surface area contributed by atoms with Crippen LogP contribution in [0.15, 0.2) is 254 Å². The van der Waals surface area contributed by atoms with E-state index in [9.17, 15) is 14.7 Å². The van der Waals surface area contributed by atoms with E-state index in [1.807, 2.05) is 133 Å². The number of hydrogen-bond acceptors (Lipinski definition) is 7. The van der Waals surface area contributed by atoms with Crippen LogP contribution in [0.5, 0.6) is 34.5 Å².